The second-order valence-electron chi connectivity index (χ2n) is 4.01. The van der Waals surface area contributed by atoms with Crippen LogP contribution in [0.4, 0.5) is 5.13 Å². The van der Waals surface area contributed by atoms with E-state index in [-0.39, 0.29) is 0 Å². The lowest BCUT2D eigenvalue weighted by atomic mass is 10.2. The molecule has 0 fully saturated rings. The third-order valence-electron chi connectivity index (χ3n) is 2.61. The van der Waals surface area contributed by atoms with Crippen molar-refractivity contribution in [2.75, 3.05) is 11.4 Å². The van der Waals surface area contributed by atoms with E-state index in [9.17, 15) is 8.42 Å². The van der Waals surface area contributed by atoms with Crippen molar-refractivity contribution in [2.24, 2.45) is 0 Å². The molecule has 0 aliphatic heterocycles. The fourth-order valence-corrected chi connectivity index (χ4v) is 3.95. The molecule has 2 rings (SSSR count). The van der Waals surface area contributed by atoms with Gasteiger partial charge in [-0.25, -0.2) is 17.7 Å². The second kappa shape index (κ2) is 4.70. The van der Waals surface area contributed by atoms with Gasteiger partial charge in [0.1, 0.15) is 0 Å². The third-order valence-corrected chi connectivity index (χ3v) is 5.67. The molecule has 6 heteroatoms. The standard InChI is InChI=1S/C12H14N2O2S2/c1-9-6-4-5-7-11(9)18(15,16)14(3)12-13-10(2)8-17-12/h4-8H,1-3H3. The third kappa shape index (κ3) is 2.26. The van der Waals surface area contributed by atoms with E-state index in [1.54, 1.807) is 25.1 Å². The zero-order valence-electron chi connectivity index (χ0n) is 10.4. The van der Waals surface area contributed by atoms with Gasteiger partial charge in [-0.05, 0) is 25.5 Å². The number of hydrogen-bond donors (Lipinski definition) is 0. The molecule has 0 unspecified atom stereocenters. The van der Waals surface area contributed by atoms with Gasteiger partial charge in [-0.15, -0.1) is 11.3 Å². The fourth-order valence-electron chi connectivity index (χ4n) is 1.58. The number of hydrogen-bond acceptors (Lipinski definition) is 4. The van der Waals surface area contributed by atoms with Gasteiger partial charge in [-0.2, -0.15) is 0 Å². The molecule has 0 saturated heterocycles. The number of nitrogens with zero attached hydrogens (tertiary/aromatic N) is 2. The van der Waals surface area contributed by atoms with Crippen molar-refractivity contribution in [1.82, 2.24) is 4.98 Å². The number of rotatable bonds is 3. The molecule has 96 valence electrons. The summed E-state index contributed by atoms with van der Waals surface area (Å²) in [5, 5.41) is 2.31. The summed E-state index contributed by atoms with van der Waals surface area (Å²) in [6.45, 7) is 3.63. The van der Waals surface area contributed by atoms with Crippen LogP contribution in [-0.2, 0) is 10.0 Å². The van der Waals surface area contributed by atoms with Gasteiger partial charge >= 0.3 is 0 Å². The minimum Gasteiger partial charge on any atom is -0.244 e. The molecule has 0 saturated carbocycles. The van der Waals surface area contributed by atoms with Gasteiger partial charge in [0.05, 0.1) is 10.6 Å². The number of anilines is 1. The Bertz CT molecular complexity index is 662. The number of benzene rings is 1. The minimum atomic E-state index is -3.53. The van der Waals surface area contributed by atoms with Gasteiger partial charge < -0.3 is 0 Å². The summed E-state index contributed by atoms with van der Waals surface area (Å²) in [5.74, 6) is 0. The Labute approximate surface area is 111 Å². The van der Waals surface area contributed by atoms with E-state index in [1.165, 1.54) is 22.7 Å². The smallest absolute Gasteiger partial charge is 0.244 e. The van der Waals surface area contributed by atoms with Gasteiger partial charge in [-0.3, -0.25) is 0 Å². The Morgan fingerprint density at radius 3 is 2.44 bits per heavy atom. The number of aromatic nitrogens is 1. The summed E-state index contributed by atoms with van der Waals surface area (Å²) in [6.07, 6.45) is 0. The molecule has 1 heterocycles. The number of aryl methyl sites for hydroxylation is 2. The summed E-state index contributed by atoms with van der Waals surface area (Å²) in [4.78, 5) is 4.52. The number of sulfonamides is 1. The van der Waals surface area contributed by atoms with Crippen molar-refractivity contribution in [3.05, 3.63) is 40.9 Å². The van der Waals surface area contributed by atoms with Crippen LogP contribution in [0.5, 0.6) is 0 Å². The first-order chi connectivity index (χ1) is 8.43. The molecule has 0 aliphatic rings. The Morgan fingerprint density at radius 1 is 1.22 bits per heavy atom. The molecule has 0 radical (unpaired) electrons. The predicted molar refractivity (Wildman–Crippen MR) is 73.6 cm³/mol. The zero-order chi connectivity index (χ0) is 13.3. The molecule has 2 aromatic rings. The topological polar surface area (TPSA) is 50.3 Å². The Kier molecular flexibility index (Phi) is 3.41. The van der Waals surface area contributed by atoms with Crippen LogP contribution in [0, 0.1) is 13.8 Å². The van der Waals surface area contributed by atoms with Crippen molar-refractivity contribution in [3.63, 3.8) is 0 Å². The Hall–Kier alpha value is -1.40. The highest BCUT2D eigenvalue weighted by molar-refractivity contribution is 7.93. The van der Waals surface area contributed by atoms with Crippen molar-refractivity contribution in [1.29, 1.82) is 0 Å². The average Bonchev–Trinajstić information content (AvgIpc) is 2.75. The molecule has 0 atom stereocenters. The first-order valence-electron chi connectivity index (χ1n) is 5.39. The lowest BCUT2D eigenvalue weighted by Gasteiger charge is -2.17. The van der Waals surface area contributed by atoms with E-state index in [1.807, 2.05) is 18.4 Å². The first-order valence-corrected chi connectivity index (χ1v) is 7.71. The van der Waals surface area contributed by atoms with Crippen molar-refractivity contribution < 1.29 is 8.42 Å². The highest BCUT2D eigenvalue weighted by atomic mass is 32.2. The highest BCUT2D eigenvalue weighted by Gasteiger charge is 2.24. The monoisotopic (exact) mass is 282 g/mol. The van der Waals surface area contributed by atoms with Crippen molar-refractivity contribution >= 4 is 26.5 Å². The van der Waals surface area contributed by atoms with Crippen LogP contribution >= 0.6 is 11.3 Å². The van der Waals surface area contributed by atoms with Gasteiger partial charge in [0.25, 0.3) is 10.0 Å². The molecule has 1 aromatic heterocycles. The van der Waals surface area contributed by atoms with Crippen LogP contribution in [0.1, 0.15) is 11.3 Å². The van der Waals surface area contributed by atoms with Crippen LogP contribution in [0.2, 0.25) is 0 Å². The highest BCUT2D eigenvalue weighted by Crippen LogP contribution is 2.26. The van der Waals surface area contributed by atoms with Crippen LogP contribution in [0.3, 0.4) is 0 Å². The quantitative estimate of drug-likeness (QED) is 0.869. The summed E-state index contributed by atoms with van der Waals surface area (Å²) >= 11 is 1.32. The maximum Gasteiger partial charge on any atom is 0.266 e. The van der Waals surface area contributed by atoms with Gasteiger partial charge in [0.2, 0.25) is 0 Å². The van der Waals surface area contributed by atoms with Gasteiger partial charge in [0.15, 0.2) is 5.13 Å². The summed E-state index contributed by atoms with van der Waals surface area (Å²) in [5.41, 5.74) is 1.56. The molecule has 0 spiro atoms. The summed E-state index contributed by atoms with van der Waals surface area (Å²) in [6, 6.07) is 6.94. The molecule has 1 aromatic carbocycles. The Balaban J connectivity index is 2.47. The molecule has 0 amide bonds. The summed E-state index contributed by atoms with van der Waals surface area (Å²) in [7, 11) is -2.00. The SMILES string of the molecule is Cc1csc(N(C)S(=O)(=O)c2ccccc2C)n1. The number of thiazole rings is 1. The van der Waals surface area contributed by atoms with E-state index in [0.29, 0.717) is 10.0 Å². The maximum atomic E-state index is 12.5. The molecule has 4 nitrogen and oxygen atoms in total. The molecular weight excluding hydrogens is 268 g/mol. The van der Waals surface area contributed by atoms with E-state index in [4.69, 9.17) is 0 Å². The van der Waals surface area contributed by atoms with E-state index < -0.39 is 10.0 Å². The van der Waals surface area contributed by atoms with E-state index in [0.717, 1.165) is 11.3 Å². The van der Waals surface area contributed by atoms with Crippen LogP contribution < -0.4 is 4.31 Å². The van der Waals surface area contributed by atoms with Crippen LogP contribution in [0.15, 0.2) is 34.5 Å². The van der Waals surface area contributed by atoms with Gasteiger partial charge in [0, 0.05) is 12.4 Å². The lowest BCUT2D eigenvalue weighted by molar-refractivity contribution is 0.593. The van der Waals surface area contributed by atoms with Crippen LogP contribution in [0.25, 0.3) is 0 Å². The lowest BCUT2D eigenvalue weighted by Crippen LogP contribution is -2.27. The molecule has 0 aliphatic carbocycles. The molecule has 0 N–H and O–H groups in total. The van der Waals surface area contributed by atoms with E-state index >= 15 is 0 Å². The fraction of sp³-hybridized carbons (Fsp3) is 0.250. The average molecular weight is 282 g/mol. The van der Waals surface area contributed by atoms with Crippen molar-refractivity contribution in [2.45, 2.75) is 18.7 Å². The molecule has 0 bridgehead atoms. The zero-order valence-corrected chi connectivity index (χ0v) is 12.0. The normalized spacial score (nSPS) is 11.5. The molecule has 18 heavy (non-hydrogen) atoms. The molecular formula is C12H14N2O2S2. The van der Waals surface area contributed by atoms with Gasteiger partial charge in [-0.1, -0.05) is 18.2 Å². The van der Waals surface area contributed by atoms with E-state index in [2.05, 4.69) is 4.98 Å². The predicted octanol–water partition coefficient (Wildman–Crippen LogP) is 2.59. The van der Waals surface area contributed by atoms with Crippen molar-refractivity contribution in [3.8, 4) is 0 Å². The summed E-state index contributed by atoms with van der Waals surface area (Å²) < 4.78 is 26.1. The second-order valence-corrected chi connectivity index (χ2v) is 6.78. The largest absolute Gasteiger partial charge is 0.266 e. The van der Waals surface area contributed by atoms with Crippen LogP contribution in [-0.4, -0.2) is 20.4 Å². The maximum absolute atomic E-state index is 12.5. The Morgan fingerprint density at radius 2 is 1.89 bits per heavy atom. The first kappa shape index (κ1) is 13.0. The minimum absolute atomic E-state index is 0.320.